The lowest BCUT2D eigenvalue weighted by Gasteiger charge is -2.26. The van der Waals surface area contributed by atoms with E-state index in [0.717, 1.165) is 6.29 Å². The van der Waals surface area contributed by atoms with Gasteiger partial charge in [0.25, 0.3) is 0 Å². The smallest absolute Gasteiger partial charge is 0.120 e. The van der Waals surface area contributed by atoms with E-state index >= 15 is 0 Å². The fourth-order valence-electron chi connectivity index (χ4n) is 1.15. The first-order chi connectivity index (χ1) is 5.84. The van der Waals surface area contributed by atoms with Gasteiger partial charge in [0.2, 0.25) is 0 Å². The first-order valence-electron chi connectivity index (χ1n) is 4.15. The van der Waals surface area contributed by atoms with E-state index in [2.05, 4.69) is 0 Å². The number of ether oxygens (including phenoxy) is 2. The van der Waals surface area contributed by atoms with Gasteiger partial charge in [-0.05, 0) is 6.42 Å². The molecule has 0 aromatic heterocycles. The maximum absolute atomic E-state index is 10.0. The number of carbonyl (C=O) groups is 1. The van der Waals surface area contributed by atoms with Crippen molar-refractivity contribution in [2.24, 2.45) is 0 Å². The highest BCUT2D eigenvalue weighted by Crippen LogP contribution is 2.09. The molecular weight excluding hydrogens is 160 g/mol. The molecule has 2 atom stereocenters. The summed E-state index contributed by atoms with van der Waals surface area (Å²) in [5.74, 6) is 0. The summed E-state index contributed by atoms with van der Waals surface area (Å²) in [7, 11) is 0. The monoisotopic (exact) mass is 174 g/mol. The fraction of sp³-hybridized carbons (Fsp3) is 0.875. The molecule has 1 rings (SSSR count). The molecule has 0 spiro atoms. The molecule has 2 unspecified atom stereocenters. The largest absolute Gasteiger partial charge is 0.390 e. The van der Waals surface area contributed by atoms with E-state index in [1.807, 2.05) is 0 Å². The van der Waals surface area contributed by atoms with Gasteiger partial charge in [0, 0.05) is 6.42 Å². The van der Waals surface area contributed by atoms with E-state index in [1.54, 1.807) is 0 Å². The van der Waals surface area contributed by atoms with E-state index < -0.39 is 6.10 Å². The lowest BCUT2D eigenvalue weighted by atomic mass is 10.1. The molecule has 1 saturated heterocycles. The molecule has 4 heteroatoms. The third-order valence-electron chi connectivity index (χ3n) is 1.85. The molecule has 1 aliphatic rings. The minimum atomic E-state index is -0.574. The normalized spacial score (nSPS) is 26.6. The van der Waals surface area contributed by atoms with Gasteiger partial charge in [0.05, 0.1) is 25.9 Å². The third kappa shape index (κ3) is 2.89. The summed E-state index contributed by atoms with van der Waals surface area (Å²) >= 11 is 0. The van der Waals surface area contributed by atoms with E-state index in [4.69, 9.17) is 9.47 Å². The van der Waals surface area contributed by atoms with Crippen molar-refractivity contribution in [2.75, 3.05) is 19.8 Å². The van der Waals surface area contributed by atoms with E-state index in [1.165, 1.54) is 0 Å². The van der Waals surface area contributed by atoms with Gasteiger partial charge >= 0.3 is 0 Å². The molecule has 1 fully saturated rings. The highest BCUT2D eigenvalue weighted by atomic mass is 16.6. The predicted molar refractivity (Wildman–Crippen MR) is 41.9 cm³/mol. The Bertz CT molecular complexity index is 131. The van der Waals surface area contributed by atoms with Gasteiger partial charge in [-0.3, -0.25) is 0 Å². The number of hydrogen-bond donors (Lipinski definition) is 1. The highest BCUT2D eigenvalue weighted by Gasteiger charge is 2.22. The Balaban J connectivity index is 2.19. The van der Waals surface area contributed by atoms with Crippen molar-refractivity contribution < 1.29 is 19.4 Å². The molecule has 1 aliphatic heterocycles. The summed E-state index contributed by atoms with van der Waals surface area (Å²) in [6.07, 6.45) is 0.806. The molecule has 0 aliphatic carbocycles. The summed E-state index contributed by atoms with van der Waals surface area (Å²) in [5, 5.41) is 9.44. The summed E-state index contributed by atoms with van der Waals surface area (Å²) in [4.78, 5) is 10.0. The van der Waals surface area contributed by atoms with Crippen molar-refractivity contribution in [1.29, 1.82) is 0 Å². The van der Waals surface area contributed by atoms with Gasteiger partial charge in [-0.25, -0.2) is 0 Å². The van der Waals surface area contributed by atoms with Crippen LogP contribution in [0.15, 0.2) is 0 Å². The summed E-state index contributed by atoms with van der Waals surface area (Å²) in [6, 6.07) is 0. The molecular formula is C8H14O4. The van der Waals surface area contributed by atoms with Gasteiger partial charge in [-0.2, -0.15) is 0 Å². The number of aliphatic hydroxyl groups is 1. The summed E-state index contributed by atoms with van der Waals surface area (Å²) in [5.41, 5.74) is 0. The number of carbonyl (C=O) groups excluding carboxylic acids is 1. The number of aliphatic hydroxyl groups excluding tert-OH is 1. The Morgan fingerprint density at radius 1 is 1.58 bits per heavy atom. The zero-order valence-corrected chi connectivity index (χ0v) is 6.94. The maximum Gasteiger partial charge on any atom is 0.120 e. The van der Waals surface area contributed by atoms with Crippen molar-refractivity contribution in [3.8, 4) is 0 Å². The van der Waals surface area contributed by atoms with Crippen LogP contribution in [0.2, 0.25) is 0 Å². The predicted octanol–water partition coefficient (Wildman–Crippen LogP) is -0.258. The number of aldehydes is 1. The lowest BCUT2D eigenvalue weighted by Crippen LogP contribution is -2.38. The average molecular weight is 174 g/mol. The summed E-state index contributed by atoms with van der Waals surface area (Å²) < 4.78 is 10.4. The van der Waals surface area contributed by atoms with Crippen LogP contribution in [-0.2, 0) is 14.3 Å². The molecule has 0 radical (unpaired) electrons. The van der Waals surface area contributed by atoms with Crippen LogP contribution in [0.1, 0.15) is 12.8 Å². The van der Waals surface area contributed by atoms with Crippen LogP contribution < -0.4 is 0 Å². The molecule has 0 saturated carbocycles. The standard InChI is InChI=1S/C8H14O4/c9-3-1-2-7(10)8-6-11-4-5-12-8/h3,7-8,10H,1-2,4-6H2. The van der Waals surface area contributed by atoms with Crippen LogP contribution in [0.4, 0.5) is 0 Å². The molecule has 70 valence electrons. The first kappa shape index (κ1) is 9.64. The van der Waals surface area contributed by atoms with Gasteiger partial charge in [-0.1, -0.05) is 0 Å². The van der Waals surface area contributed by atoms with Crippen LogP contribution in [-0.4, -0.2) is 43.4 Å². The van der Waals surface area contributed by atoms with Crippen LogP contribution in [0.3, 0.4) is 0 Å². The number of rotatable bonds is 4. The Kier molecular flexibility index (Phi) is 4.21. The fourth-order valence-corrected chi connectivity index (χ4v) is 1.15. The van der Waals surface area contributed by atoms with E-state index in [9.17, 15) is 9.90 Å². The molecule has 0 amide bonds. The van der Waals surface area contributed by atoms with Crippen molar-refractivity contribution in [2.45, 2.75) is 25.0 Å². The van der Waals surface area contributed by atoms with Crippen LogP contribution in [0.5, 0.6) is 0 Å². The van der Waals surface area contributed by atoms with Crippen molar-refractivity contribution in [1.82, 2.24) is 0 Å². The van der Waals surface area contributed by atoms with Crippen LogP contribution in [0.25, 0.3) is 0 Å². The molecule has 1 N–H and O–H groups in total. The molecule has 0 aromatic carbocycles. The topological polar surface area (TPSA) is 55.8 Å². The first-order valence-corrected chi connectivity index (χ1v) is 4.15. The Hall–Kier alpha value is -0.450. The SMILES string of the molecule is O=CCCC(O)C1COCCO1. The van der Waals surface area contributed by atoms with E-state index in [-0.39, 0.29) is 6.10 Å². The Morgan fingerprint density at radius 2 is 2.42 bits per heavy atom. The van der Waals surface area contributed by atoms with Gasteiger partial charge in [0.15, 0.2) is 0 Å². The van der Waals surface area contributed by atoms with Crippen LogP contribution in [0, 0.1) is 0 Å². The molecule has 4 nitrogen and oxygen atoms in total. The molecule has 12 heavy (non-hydrogen) atoms. The Morgan fingerprint density at radius 3 is 3.00 bits per heavy atom. The maximum atomic E-state index is 10.0. The second-order valence-corrected chi connectivity index (χ2v) is 2.80. The molecule has 0 aromatic rings. The van der Waals surface area contributed by atoms with Crippen molar-refractivity contribution in [3.05, 3.63) is 0 Å². The Labute approximate surface area is 71.5 Å². The van der Waals surface area contributed by atoms with E-state index in [0.29, 0.717) is 32.7 Å². The summed E-state index contributed by atoms with van der Waals surface area (Å²) in [6.45, 7) is 1.56. The van der Waals surface area contributed by atoms with Gasteiger partial charge < -0.3 is 19.4 Å². The lowest BCUT2D eigenvalue weighted by molar-refractivity contribution is -0.134. The minimum Gasteiger partial charge on any atom is -0.390 e. The average Bonchev–Trinajstić information content (AvgIpc) is 2.15. The molecule has 0 bridgehead atoms. The zero-order valence-electron chi connectivity index (χ0n) is 6.94. The third-order valence-corrected chi connectivity index (χ3v) is 1.85. The van der Waals surface area contributed by atoms with Crippen molar-refractivity contribution >= 4 is 6.29 Å². The second-order valence-electron chi connectivity index (χ2n) is 2.80. The van der Waals surface area contributed by atoms with Crippen LogP contribution >= 0.6 is 0 Å². The van der Waals surface area contributed by atoms with Crippen molar-refractivity contribution in [3.63, 3.8) is 0 Å². The van der Waals surface area contributed by atoms with Gasteiger partial charge in [0.1, 0.15) is 12.4 Å². The quantitative estimate of drug-likeness (QED) is 0.597. The minimum absolute atomic E-state index is 0.251. The van der Waals surface area contributed by atoms with Gasteiger partial charge in [-0.15, -0.1) is 0 Å². The molecule has 1 heterocycles. The highest BCUT2D eigenvalue weighted by molar-refractivity contribution is 5.49. The zero-order chi connectivity index (χ0) is 8.81. The number of hydrogen-bond acceptors (Lipinski definition) is 4. The second kappa shape index (κ2) is 5.24.